The van der Waals surface area contributed by atoms with Crippen molar-refractivity contribution in [1.29, 1.82) is 0 Å². The van der Waals surface area contributed by atoms with E-state index in [9.17, 15) is 20.4 Å². The van der Waals surface area contributed by atoms with E-state index in [1.165, 1.54) is 12.1 Å². The van der Waals surface area contributed by atoms with Gasteiger partial charge in [-0.05, 0) is 43.4 Å². The Morgan fingerprint density at radius 1 is 0.311 bits per heavy atom. The molecule has 45 heavy (non-hydrogen) atoms. The van der Waals surface area contributed by atoms with Gasteiger partial charge in [0, 0.05) is 34.0 Å². The molecule has 0 unspecified atom stereocenters. The van der Waals surface area contributed by atoms with Gasteiger partial charge >= 0.3 is 0 Å². The first-order valence-corrected chi connectivity index (χ1v) is 14.8. The van der Waals surface area contributed by atoms with Gasteiger partial charge in [-0.3, -0.25) is 0 Å². The van der Waals surface area contributed by atoms with Gasteiger partial charge in [-0.15, -0.1) is 0 Å². The van der Waals surface area contributed by atoms with Crippen LogP contribution in [0.4, 0.5) is 0 Å². The van der Waals surface area contributed by atoms with Gasteiger partial charge in [0.05, 0.1) is 5.41 Å². The molecule has 0 aliphatic carbocycles. The Hall–Kier alpha value is -6.00. The minimum Gasteiger partial charge on any atom is -0.507 e. The number of benzene rings is 8. The Kier molecular flexibility index (Phi) is 5.94. The summed E-state index contributed by atoms with van der Waals surface area (Å²) in [4.78, 5) is 0. The Morgan fingerprint density at radius 2 is 0.644 bits per heavy atom. The normalized spacial score (nSPS) is 11.9. The SMILES string of the molecule is Oc1cc(O)c2ccccc2c1C(c1cccc2ccccc12)(c1cccc2ccccc12)c1c(O)cc(O)c2ccccc12. The third kappa shape index (κ3) is 3.79. The summed E-state index contributed by atoms with van der Waals surface area (Å²) in [6.45, 7) is 0. The van der Waals surface area contributed by atoms with Crippen LogP contribution in [-0.4, -0.2) is 20.4 Å². The van der Waals surface area contributed by atoms with Gasteiger partial charge < -0.3 is 20.4 Å². The molecule has 0 aromatic heterocycles. The highest BCUT2D eigenvalue weighted by atomic mass is 16.3. The van der Waals surface area contributed by atoms with E-state index in [0.29, 0.717) is 32.7 Å². The number of fused-ring (bicyclic) bond motifs is 4. The molecular formula is C41H28O4. The van der Waals surface area contributed by atoms with Crippen LogP contribution >= 0.6 is 0 Å². The van der Waals surface area contributed by atoms with Gasteiger partial charge in [-0.25, -0.2) is 0 Å². The van der Waals surface area contributed by atoms with E-state index in [2.05, 4.69) is 36.4 Å². The maximum absolute atomic E-state index is 12.2. The molecule has 0 aliphatic heterocycles. The molecule has 0 saturated carbocycles. The summed E-state index contributed by atoms with van der Waals surface area (Å²) < 4.78 is 0. The lowest BCUT2D eigenvalue weighted by atomic mass is 9.60. The third-order valence-electron chi connectivity index (χ3n) is 9.14. The molecule has 0 fully saturated rings. The van der Waals surface area contributed by atoms with E-state index in [4.69, 9.17) is 0 Å². The fourth-order valence-corrected chi connectivity index (χ4v) is 7.39. The van der Waals surface area contributed by atoms with Crippen molar-refractivity contribution >= 4 is 43.1 Å². The zero-order valence-electron chi connectivity index (χ0n) is 24.1. The second-order valence-electron chi connectivity index (χ2n) is 11.5. The molecule has 8 aromatic rings. The molecule has 0 saturated heterocycles. The quantitative estimate of drug-likeness (QED) is 0.155. The van der Waals surface area contributed by atoms with Crippen LogP contribution in [0.2, 0.25) is 0 Å². The Bertz CT molecular complexity index is 2260. The molecule has 4 N–H and O–H groups in total. The number of phenolic OH excluding ortho intramolecular Hbond substituents is 4. The second kappa shape index (κ2) is 10.0. The van der Waals surface area contributed by atoms with Crippen molar-refractivity contribution in [3.63, 3.8) is 0 Å². The molecule has 0 amide bonds. The van der Waals surface area contributed by atoms with Crippen molar-refractivity contribution in [1.82, 2.24) is 0 Å². The minimum absolute atomic E-state index is 0.0450. The molecular weight excluding hydrogens is 556 g/mol. The molecule has 0 radical (unpaired) electrons. The number of aromatic hydroxyl groups is 4. The molecule has 216 valence electrons. The molecule has 0 atom stereocenters. The van der Waals surface area contributed by atoms with Gasteiger partial charge in [0.15, 0.2) is 0 Å². The first-order chi connectivity index (χ1) is 22.0. The summed E-state index contributed by atoms with van der Waals surface area (Å²) in [5.74, 6) is -0.333. The number of hydrogen-bond donors (Lipinski definition) is 4. The Morgan fingerprint density at radius 3 is 1.07 bits per heavy atom. The van der Waals surface area contributed by atoms with Crippen LogP contribution in [0, 0.1) is 0 Å². The lowest BCUT2D eigenvalue weighted by Crippen LogP contribution is -2.32. The average molecular weight is 585 g/mol. The van der Waals surface area contributed by atoms with Crippen LogP contribution in [0.1, 0.15) is 22.3 Å². The first kappa shape index (κ1) is 26.6. The Labute approximate surface area is 259 Å². The van der Waals surface area contributed by atoms with Crippen molar-refractivity contribution < 1.29 is 20.4 Å². The lowest BCUT2D eigenvalue weighted by Gasteiger charge is -2.40. The summed E-state index contributed by atoms with van der Waals surface area (Å²) >= 11 is 0. The summed E-state index contributed by atoms with van der Waals surface area (Å²) in [5, 5.41) is 52.8. The van der Waals surface area contributed by atoms with E-state index in [1.807, 2.05) is 97.1 Å². The van der Waals surface area contributed by atoms with Crippen LogP contribution in [0.15, 0.2) is 146 Å². The van der Waals surface area contributed by atoms with E-state index >= 15 is 0 Å². The predicted molar refractivity (Wildman–Crippen MR) is 181 cm³/mol. The predicted octanol–water partition coefficient (Wildman–Crippen LogP) is 9.50. The third-order valence-corrected chi connectivity index (χ3v) is 9.14. The molecule has 4 heteroatoms. The monoisotopic (exact) mass is 584 g/mol. The smallest absolute Gasteiger partial charge is 0.127 e. The molecule has 0 aliphatic rings. The summed E-state index contributed by atoms with van der Waals surface area (Å²) in [6.07, 6.45) is 0. The zero-order valence-corrected chi connectivity index (χ0v) is 24.1. The highest BCUT2D eigenvalue weighted by Gasteiger charge is 2.46. The maximum atomic E-state index is 12.2. The van der Waals surface area contributed by atoms with E-state index in [-0.39, 0.29) is 23.0 Å². The van der Waals surface area contributed by atoms with Crippen LogP contribution in [0.3, 0.4) is 0 Å². The van der Waals surface area contributed by atoms with E-state index in [1.54, 1.807) is 0 Å². The van der Waals surface area contributed by atoms with Gasteiger partial charge in [-0.2, -0.15) is 0 Å². The largest absolute Gasteiger partial charge is 0.507 e. The summed E-state index contributed by atoms with van der Waals surface area (Å²) in [7, 11) is 0. The Balaban J connectivity index is 1.76. The molecule has 0 bridgehead atoms. The van der Waals surface area contributed by atoms with Crippen molar-refractivity contribution in [3.05, 3.63) is 168 Å². The average Bonchev–Trinajstić information content (AvgIpc) is 3.07. The van der Waals surface area contributed by atoms with E-state index in [0.717, 1.165) is 32.7 Å². The van der Waals surface area contributed by atoms with Crippen LogP contribution in [-0.2, 0) is 5.41 Å². The number of hydrogen-bond acceptors (Lipinski definition) is 4. The molecule has 0 heterocycles. The van der Waals surface area contributed by atoms with Crippen molar-refractivity contribution in [3.8, 4) is 23.0 Å². The lowest BCUT2D eigenvalue weighted by molar-refractivity contribution is 0.437. The highest BCUT2D eigenvalue weighted by molar-refractivity contribution is 6.04. The van der Waals surface area contributed by atoms with Gasteiger partial charge in [0.2, 0.25) is 0 Å². The minimum atomic E-state index is -1.36. The summed E-state index contributed by atoms with van der Waals surface area (Å²) in [6, 6.07) is 46.1. The van der Waals surface area contributed by atoms with Crippen molar-refractivity contribution in [2.45, 2.75) is 5.41 Å². The maximum Gasteiger partial charge on any atom is 0.127 e. The van der Waals surface area contributed by atoms with Gasteiger partial charge in [-0.1, -0.05) is 133 Å². The number of phenols is 4. The summed E-state index contributed by atoms with van der Waals surface area (Å²) in [5.41, 5.74) is 1.31. The van der Waals surface area contributed by atoms with Crippen LogP contribution in [0.5, 0.6) is 23.0 Å². The van der Waals surface area contributed by atoms with Crippen molar-refractivity contribution in [2.24, 2.45) is 0 Å². The highest BCUT2D eigenvalue weighted by Crippen LogP contribution is 2.58. The zero-order chi connectivity index (χ0) is 30.7. The molecule has 0 spiro atoms. The van der Waals surface area contributed by atoms with Gasteiger partial charge in [0.1, 0.15) is 23.0 Å². The van der Waals surface area contributed by atoms with E-state index < -0.39 is 5.41 Å². The fraction of sp³-hybridized carbons (Fsp3) is 0.0244. The standard InChI is InChI=1S/C41H28O4/c42-35-23-37(44)39(31-19-7-5-17-29(31)35)41(33-21-9-13-25-11-1-3-15-27(25)33,34-22-10-14-26-12-2-4-16-28(26)34)40-32-20-8-6-18-30(32)36(43)24-38(40)45/h1-24,42-45H. The fourth-order valence-electron chi connectivity index (χ4n) is 7.39. The number of rotatable bonds is 4. The van der Waals surface area contributed by atoms with Gasteiger partial charge in [0.25, 0.3) is 0 Å². The van der Waals surface area contributed by atoms with Crippen LogP contribution in [0.25, 0.3) is 43.1 Å². The molecule has 8 aromatic carbocycles. The molecule has 8 rings (SSSR count). The molecule has 4 nitrogen and oxygen atoms in total. The first-order valence-electron chi connectivity index (χ1n) is 14.8. The second-order valence-corrected chi connectivity index (χ2v) is 11.5. The van der Waals surface area contributed by atoms with Crippen molar-refractivity contribution in [2.75, 3.05) is 0 Å². The topological polar surface area (TPSA) is 80.9 Å². The van der Waals surface area contributed by atoms with Crippen LogP contribution < -0.4 is 0 Å².